The number of rotatable bonds is 5. The van der Waals surface area contributed by atoms with Gasteiger partial charge in [0.15, 0.2) is 0 Å². The molecule has 3 heterocycles. The van der Waals surface area contributed by atoms with E-state index in [0.717, 1.165) is 17.8 Å². The van der Waals surface area contributed by atoms with Crippen molar-refractivity contribution in [3.63, 3.8) is 0 Å². The summed E-state index contributed by atoms with van der Waals surface area (Å²) in [5.74, 6) is 0.969. The summed E-state index contributed by atoms with van der Waals surface area (Å²) in [4.78, 5) is 22.0. The van der Waals surface area contributed by atoms with Gasteiger partial charge in [-0.1, -0.05) is 37.6 Å². The molecule has 1 aromatic carbocycles. The summed E-state index contributed by atoms with van der Waals surface area (Å²) in [6, 6.07) is 9.38. The molecule has 7 nitrogen and oxygen atoms in total. The van der Waals surface area contributed by atoms with Crippen LogP contribution in [-0.4, -0.2) is 60.8 Å². The minimum Gasteiger partial charge on any atom is -0.437 e. The van der Waals surface area contributed by atoms with Crippen LogP contribution < -0.4 is 15.0 Å². The monoisotopic (exact) mass is 494 g/mol. The molecule has 2 aliphatic rings. The number of pyridine rings is 1. The highest BCUT2D eigenvalue weighted by molar-refractivity contribution is 6.32. The molecule has 0 unspecified atom stereocenters. The number of carbonyl (C=O) groups is 1. The zero-order valence-corrected chi connectivity index (χ0v) is 21.3. The lowest BCUT2D eigenvalue weighted by molar-refractivity contribution is -0.150. The van der Waals surface area contributed by atoms with Crippen LogP contribution in [0.3, 0.4) is 0 Å². The van der Waals surface area contributed by atoms with Crippen molar-refractivity contribution in [2.75, 3.05) is 38.2 Å². The van der Waals surface area contributed by atoms with Crippen LogP contribution in [0.4, 0.5) is 5.69 Å². The molecule has 2 aromatic rings. The number of ether oxygens (including phenoxy) is 2. The SMILES string of the molecule is CO[C@]1(C)CN[C@H](C)CN1CC(=O)N1CC(C)(C)c2cnc(Oc3ccccc3Cl)cc21.Cl. The van der Waals surface area contributed by atoms with Crippen LogP contribution >= 0.6 is 24.0 Å². The number of piperazine rings is 1. The fourth-order valence-electron chi connectivity index (χ4n) is 4.40. The molecule has 0 spiro atoms. The number of nitrogens with one attached hydrogen (secondary N) is 1. The maximum atomic E-state index is 13.5. The first-order chi connectivity index (χ1) is 15.1. The third kappa shape index (κ3) is 5.12. The standard InChI is InChI=1S/C24H31ClN4O3.ClH/c1-16-12-28(24(4,31-5)14-27-16)13-22(30)29-15-23(2,3)17-11-26-21(10-19(17)29)32-20-9-7-6-8-18(20)25;/h6-11,16,27H,12-15H2,1-5H3;1H/t16-,24-;/m1./s1. The maximum Gasteiger partial charge on any atom is 0.241 e. The van der Waals surface area contributed by atoms with Gasteiger partial charge >= 0.3 is 0 Å². The van der Waals surface area contributed by atoms with E-state index in [1.807, 2.05) is 30.0 Å². The summed E-state index contributed by atoms with van der Waals surface area (Å²) in [6.07, 6.45) is 1.81. The normalized spacial score (nSPS) is 24.2. The van der Waals surface area contributed by atoms with Gasteiger partial charge in [0, 0.05) is 56.0 Å². The van der Waals surface area contributed by atoms with Crippen molar-refractivity contribution < 1.29 is 14.3 Å². The van der Waals surface area contributed by atoms with E-state index in [4.69, 9.17) is 21.1 Å². The molecule has 2 aliphatic heterocycles. The van der Waals surface area contributed by atoms with E-state index in [9.17, 15) is 4.79 Å². The fraction of sp³-hybridized carbons (Fsp3) is 0.500. The van der Waals surface area contributed by atoms with Crippen molar-refractivity contribution >= 4 is 35.6 Å². The minimum atomic E-state index is -0.531. The van der Waals surface area contributed by atoms with Gasteiger partial charge in [-0.2, -0.15) is 0 Å². The van der Waals surface area contributed by atoms with Crippen LogP contribution in [0.15, 0.2) is 36.5 Å². The molecule has 0 saturated carbocycles. The Hall–Kier alpha value is -1.90. The smallest absolute Gasteiger partial charge is 0.241 e. The third-order valence-corrected chi connectivity index (χ3v) is 6.80. The van der Waals surface area contributed by atoms with Gasteiger partial charge in [0.2, 0.25) is 11.8 Å². The zero-order valence-electron chi connectivity index (χ0n) is 19.7. The molecule has 0 aliphatic carbocycles. The molecule has 9 heteroatoms. The molecule has 1 saturated heterocycles. The molecule has 33 heavy (non-hydrogen) atoms. The highest BCUT2D eigenvalue weighted by Crippen LogP contribution is 2.42. The molecular weight excluding hydrogens is 463 g/mol. The maximum absolute atomic E-state index is 13.5. The van der Waals surface area contributed by atoms with Crippen LogP contribution in [-0.2, 0) is 14.9 Å². The van der Waals surface area contributed by atoms with Gasteiger partial charge in [-0.05, 0) is 26.0 Å². The van der Waals surface area contributed by atoms with Crippen LogP contribution in [0.25, 0.3) is 0 Å². The van der Waals surface area contributed by atoms with Crippen molar-refractivity contribution in [3.05, 3.63) is 47.1 Å². The fourth-order valence-corrected chi connectivity index (χ4v) is 4.57. The van der Waals surface area contributed by atoms with Crippen molar-refractivity contribution in [2.24, 2.45) is 0 Å². The number of para-hydroxylation sites is 1. The molecular formula is C24H32Cl2N4O3. The van der Waals surface area contributed by atoms with E-state index in [0.29, 0.717) is 29.7 Å². The first-order valence-electron chi connectivity index (χ1n) is 10.9. The van der Waals surface area contributed by atoms with Crippen molar-refractivity contribution in [1.29, 1.82) is 0 Å². The zero-order chi connectivity index (χ0) is 23.1. The average molecular weight is 495 g/mol. The highest BCUT2D eigenvalue weighted by Gasteiger charge is 2.42. The molecule has 0 bridgehead atoms. The Morgan fingerprint density at radius 1 is 1.30 bits per heavy atom. The van der Waals surface area contributed by atoms with Gasteiger partial charge in [-0.25, -0.2) is 4.98 Å². The Bertz CT molecular complexity index is 1020. The molecule has 1 amide bonds. The van der Waals surface area contributed by atoms with Crippen LogP contribution in [0.2, 0.25) is 5.02 Å². The number of benzene rings is 1. The predicted molar refractivity (Wildman–Crippen MR) is 133 cm³/mol. The van der Waals surface area contributed by atoms with Crippen LogP contribution in [0, 0.1) is 0 Å². The van der Waals surface area contributed by atoms with Gasteiger partial charge in [-0.3, -0.25) is 9.69 Å². The molecule has 4 rings (SSSR count). The molecule has 1 N–H and O–H groups in total. The molecule has 0 radical (unpaired) electrons. The second-order valence-electron chi connectivity index (χ2n) is 9.48. The van der Waals surface area contributed by atoms with E-state index in [1.54, 1.807) is 25.4 Å². The van der Waals surface area contributed by atoms with E-state index in [-0.39, 0.29) is 36.3 Å². The second kappa shape index (κ2) is 9.76. The van der Waals surface area contributed by atoms with Crippen LogP contribution in [0.5, 0.6) is 11.6 Å². The summed E-state index contributed by atoms with van der Waals surface area (Å²) in [5.41, 5.74) is 1.12. The number of methoxy groups -OCH3 is 1. The summed E-state index contributed by atoms with van der Waals surface area (Å²) in [5, 5.41) is 3.94. The number of anilines is 1. The second-order valence-corrected chi connectivity index (χ2v) is 9.88. The topological polar surface area (TPSA) is 66.9 Å². The average Bonchev–Trinajstić information content (AvgIpc) is 3.03. The van der Waals surface area contributed by atoms with Gasteiger partial charge in [-0.15, -0.1) is 12.4 Å². The first-order valence-corrected chi connectivity index (χ1v) is 11.3. The number of fused-ring (bicyclic) bond motifs is 1. The van der Waals surface area contributed by atoms with E-state index in [1.165, 1.54) is 0 Å². The lowest BCUT2D eigenvalue weighted by Crippen LogP contribution is -2.65. The van der Waals surface area contributed by atoms with Crippen molar-refractivity contribution in [2.45, 2.75) is 44.9 Å². The van der Waals surface area contributed by atoms with Gasteiger partial charge in [0.25, 0.3) is 0 Å². The van der Waals surface area contributed by atoms with E-state index >= 15 is 0 Å². The van der Waals surface area contributed by atoms with Gasteiger partial charge < -0.3 is 19.7 Å². The Morgan fingerprint density at radius 3 is 2.73 bits per heavy atom. The van der Waals surface area contributed by atoms with Crippen molar-refractivity contribution in [3.8, 4) is 11.6 Å². The summed E-state index contributed by atoms with van der Waals surface area (Å²) in [6.45, 7) is 10.6. The Kier molecular flexibility index (Phi) is 7.61. The number of nitrogens with zero attached hydrogens (tertiary/aromatic N) is 3. The Labute approximate surface area is 206 Å². The minimum absolute atomic E-state index is 0. The number of halogens is 2. The van der Waals surface area contributed by atoms with Crippen molar-refractivity contribution in [1.82, 2.24) is 15.2 Å². The quantitative estimate of drug-likeness (QED) is 0.670. The van der Waals surface area contributed by atoms with Gasteiger partial charge in [0.05, 0.1) is 17.3 Å². The number of hydrogen-bond acceptors (Lipinski definition) is 6. The Balaban J connectivity index is 0.00000306. The number of amides is 1. The molecule has 180 valence electrons. The Morgan fingerprint density at radius 2 is 2.03 bits per heavy atom. The third-order valence-electron chi connectivity index (χ3n) is 6.49. The largest absolute Gasteiger partial charge is 0.437 e. The van der Waals surface area contributed by atoms with E-state index < -0.39 is 5.72 Å². The highest BCUT2D eigenvalue weighted by atomic mass is 35.5. The number of hydrogen-bond donors (Lipinski definition) is 1. The summed E-state index contributed by atoms with van der Waals surface area (Å²) < 4.78 is 11.7. The molecule has 1 fully saturated rings. The molecule has 1 aromatic heterocycles. The lowest BCUT2D eigenvalue weighted by Gasteiger charge is -2.46. The molecule has 2 atom stereocenters. The van der Waals surface area contributed by atoms with Crippen LogP contribution in [0.1, 0.15) is 33.3 Å². The lowest BCUT2D eigenvalue weighted by atomic mass is 9.88. The summed E-state index contributed by atoms with van der Waals surface area (Å²) in [7, 11) is 1.69. The number of carbonyl (C=O) groups excluding carboxylic acids is 1. The first kappa shape index (κ1) is 25.7. The van der Waals surface area contributed by atoms with Gasteiger partial charge in [0.1, 0.15) is 11.5 Å². The number of aromatic nitrogens is 1. The van der Waals surface area contributed by atoms with E-state index in [2.05, 4.69) is 36.0 Å². The predicted octanol–water partition coefficient (Wildman–Crippen LogP) is 4.23. The summed E-state index contributed by atoms with van der Waals surface area (Å²) >= 11 is 6.24.